The zero-order valence-electron chi connectivity index (χ0n) is 10.1. The second kappa shape index (κ2) is 6.38. The number of hydrogen-bond donors (Lipinski definition) is 1. The van der Waals surface area contributed by atoms with Gasteiger partial charge in [0, 0.05) is 18.9 Å². The molecule has 0 aliphatic carbocycles. The van der Waals surface area contributed by atoms with E-state index in [1.807, 2.05) is 11.8 Å². The van der Waals surface area contributed by atoms with Gasteiger partial charge in [-0.15, -0.1) is 0 Å². The molecule has 88 valence electrons. The largest absolute Gasteiger partial charge is 0.380 e. The van der Waals surface area contributed by atoms with E-state index in [0.717, 1.165) is 24.2 Å². The van der Waals surface area contributed by atoms with Crippen molar-refractivity contribution in [3.63, 3.8) is 0 Å². The third-order valence-electron chi connectivity index (χ3n) is 2.39. The molecular formula is C11H22N2OS. The molecule has 0 fully saturated rings. The standard InChI is InChI=1S/C11H22N2OS/c1-8(2)5-10-7-13-11(15-10)12-6-9(3)14-4/h8-10H,5-7H2,1-4H3,(H,12,13). The number of aliphatic imine (C=N–C) groups is 1. The fourth-order valence-corrected chi connectivity index (χ4v) is 2.74. The van der Waals surface area contributed by atoms with Crippen LogP contribution in [0.25, 0.3) is 0 Å². The lowest BCUT2D eigenvalue weighted by Crippen LogP contribution is -2.29. The van der Waals surface area contributed by atoms with Gasteiger partial charge in [0.2, 0.25) is 0 Å². The number of nitrogens with zero attached hydrogens (tertiary/aromatic N) is 1. The van der Waals surface area contributed by atoms with Crippen LogP contribution in [0.15, 0.2) is 4.99 Å². The number of methoxy groups -OCH3 is 1. The van der Waals surface area contributed by atoms with Gasteiger partial charge < -0.3 is 10.1 Å². The molecule has 1 rings (SSSR count). The average molecular weight is 230 g/mol. The molecule has 15 heavy (non-hydrogen) atoms. The van der Waals surface area contributed by atoms with Crippen molar-refractivity contribution in [1.29, 1.82) is 0 Å². The van der Waals surface area contributed by atoms with Crippen molar-refractivity contribution in [3.05, 3.63) is 0 Å². The van der Waals surface area contributed by atoms with Crippen molar-refractivity contribution in [2.24, 2.45) is 10.9 Å². The van der Waals surface area contributed by atoms with Crippen LogP contribution in [0.3, 0.4) is 0 Å². The van der Waals surface area contributed by atoms with Gasteiger partial charge in [0.1, 0.15) is 0 Å². The molecule has 1 N–H and O–H groups in total. The van der Waals surface area contributed by atoms with Crippen molar-refractivity contribution < 1.29 is 4.74 Å². The van der Waals surface area contributed by atoms with E-state index in [0.29, 0.717) is 5.25 Å². The van der Waals surface area contributed by atoms with E-state index < -0.39 is 0 Å². The molecule has 2 unspecified atom stereocenters. The lowest BCUT2D eigenvalue weighted by Gasteiger charge is -2.13. The minimum Gasteiger partial charge on any atom is -0.380 e. The summed E-state index contributed by atoms with van der Waals surface area (Å²) >= 11 is 1.87. The van der Waals surface area contributed by atoms with Gasteiger partial charge in [0.05, 0.1) is 12.6 Å². The molecule has 1 heterocycles. The number of amidine groups is 1. The first kappa shape index (κ1) is 12.8. The molecule has 0 aromatic rings. The number of ether oxygens (including phenoxy) is 1. The zero-order chi connectivity index (χ0) is 11.3. The third-order valence-corrected chi connectivity index (χ3v) is 3.57. The van der Waals surface area contributed by atoms with E-state index in [9.17, 15) is 0 Å². The SMILES string of the molecule is COC(C)CNC1=NCC(CC(C)C)S1. The molecule has 3 nitrogen and oxygen atoms in total. The summed E-state index contributed by atoms with van der Waals surface area (Å²) in [5.74, 6) is 0.759. The quantitative estimate of drug-likeness (QED) is 0.785. The van der Waals surface area contributed by atoms with Gasteiger partial charge in [0.15, 0.2) is 5.17 Å². The first-order valence-corrected chi connectivity index (χ1v) is 6.47. The van der Waals surface area contributed by atoms with Gasteiger partial charge in [-0.1, -0.05) is 25.6 Å². The summed E-state index contributed by atoms with van der Waals surface area (Å²) in [7, 11) is 1.73. The predicted molar refractivity (Wildman–Crippen MR) is 67.6 cm³/mol. The summed E-state index contributed by atoms with van der Waals surface area (Å²) in [4.78, 5) is 4.49. The topological polar surface area (TPSA) is 33.6 Å². The van der Waals surface area contributed by atoms with E-state index in [-0.39, 0.29) is 6.10 Å². The van der Waals surface area contributed by atoms with Crippen LogP contribution in [0.2, 0.25) is 0 Å². The Kier molecular flexibility index (Phi) is 5.47. The Balaban J connectivity index is 2.18. The second-order valence-electron chi connectivity index (χ2n) is 4.44. The van der Waals surface area contributed by atoms with Crippen LogP contribution in [0.5, 0.6) is 0 Å². The van der Waals surface area contributed by atoms with Gasteiger partial charge in [0.25, 0.3) is 0 Å². The van der Waals surface area contributed by atoms with Crippen LogP contribution in [-0.2, 0) is 4.74 Å². The van der Waals surface area contributed by atoms with Crippen LogP contribution in [-0.4, -0.2) is 36.7 Å². The van der Waals surface area contributed by atoms with Gasteiger partial charge in [-0.2, -0.15) is 0 Å². The maximum atomic E-state index is 5.17. The highest BCUT2D eigenvalue weighted by atomic mass is 32.2. The molecule has 0 bridgehead atoms. The Morgan fingerprint density at radius 2 is 2.27 bits per heavy atom. The fraction of sp³-hybridized carbons (Fsp3) is 0.909. The summed E-state index contributed by atoms with van der Waals surface area (Å²) < 4.78 is 5.17. The molecule has 0 radical (unpaired) electrons. The van der Waals surface area contributed by atoms with Gasteiger partial charge in [-0.05, 0) is 19.3 Å². The summed E-state index contributed by atoms with van der Waals surface area (Å²) in [5, 5.41) is 5.08. The van der Waals surface area contributed by atoms with Crippen LogP contribution in [0, 0.1) is 5.92 Å². The molecule has 0 aromatic heterocycles. The minimum absolute atomic E-state index is 0.248. The normalized spacial score (nSPS) is 23.0. The second-order valence-corrected chi connectivity index (χ2v) is 5.73. The van der Waals surface area contributed by atoms with Crippen molar-refractivity contribution in [2.45, 2.75) is 38.5 Å². The zero-order valence-corrected chi connectivity index (χ0v) is 10.9. The first-order chi connectivity index (χ1) is 7.11. The van der Waals surface area contributed by atoms with Crippen molar-refractivity contribution >= 4 is 16.9 Å². The lowest BCUT2D eigenvalue weighted by atomic mass is 10.1. The molecular weight excluding hydrogens is 208 g/mol. The van der Waals surface area contributed by atoms with Crippen LogP contribution in [0.4, 0.5) is 0 Å². The molecule has 1 aliphatic rings. The van der Waals surface area contributed by atoms with E-state index in [4.69, 9.17) is 4.74 Å². The molecule has 2 atom stereocenters. The Labute approximate surface area is 97.1 Å². The molecule has 0 aromatic carbocycles. The molecule has 4 heteroatoms. The smallest absolute Gasteiger partial charge is 0.157 e. The van der Waals surface area contributed by atoms with E-state index in [1.165, 1.54) is 6.42 Å². The molecule has 0 saturated carbocycles. The monoisotopic (exact) mass is 230 g/mol. The Hall–Kier alpha value is -0.220. The highest BCUT2D eigenvalue weighted by Crippen LogP contribution is 2.25. The van der Waals surface area contributed by atoms with Crippen molar-refractivity contribution in [3.8, 4) is 0 Å². The first-order valence-electron chi connectivity index (χ1n) is 5.59. The fourth-order valence-electron chi connectivity index (χ4n) is 1.48. The van der Waals surface area contributed by atoms with Crippen LogP contribution >= 0.6 is 11.8 Å². The number of thioether (sulfide) groups is 1. The van der Waals surface area contributed by atoms with Gasteiger partial charge >= 0.3 is 0 Å². The predicted octanol–water partition coefficient (Wildman–Crippen LogP) is 2.13. The minimum atomic E-state index is 0.248. The van der Waals surface area contributed by atoms with Gasteiger partial charge in [-0.25, -0.2) is 0 Å². The van der Waals surface area contributed by atoms with Gasteiger partial charge in [-0.3, -0.25) is 4.99 Å². The molecule has 0 saturated heterocycles. The summed E-state index contributed by atoms with van der Waals surface area (Å²) in [6, 6.07) is 0. The Morgan fingerprint density at radius 3 is 2.87 bits per heavy atom. The van der Waals surface area contributed by atoms with E-state index in [1.54, 1.807) is 7.11 Å². The third kappa shape index (κ3) is 4.89. The van der Waals surface area contributed by atoms with E-state index >= 15 is 0 Å². The maximum Gasteiger partial charge on any atom is 0.157 e. The Bertz CT molecular complexity index is 219. The van der Waals surface area contributed by atoms with Crippen LogP contribution < -0.4 is 5.32 Å². The van der Waals surface area contributed by atoms with Crippen molar-refractivity contribution in [1.82, 2.24) is 5.32 Å². The summed E-state index contributed by atoms with van der Waals surface area (Å²) in [5.41, 5.74) is 0. The lowest BCUT2D eigenvalue weighted by molar-refractivity contribution is 0.121. The summed E-state index contributed by atoms with van der Waals surface area (Å²) in [6.07, 6.45) is 1.50. The number of hydrogen-bond acceptors (Lipinski definition) is 4. The molecule has 0 spiro atoms. The molecule has 0 amide bonds. The summed E-state index contributed by atoms with van der Waals surface area (Å²) in [6.45, 7) is 8.39. The highest BCUT2D eigenvalue weighted by Gasteiger charge is 2.20. The average Bonchev–Trinajstić information content (AvgIpc) is 2.61. The number of rotatable bonds is 5. The Morgan fingerprint density at radius 1 is 1.53 bits per heavy atom. The maximum absolute atomic E-state index is 5.17. The highest BCUT2D eigenvalue weighted by molar-refractivity contribution is 8.14. The number of nitrogens with one attached hydrogen (secondary N) is 1. The molecule has 1 aliphatic heterocycles. The van der Waals surface area contributed by atoms with E-state index in [2.05, 4.69) is 31.1 Å². The van der Waals surface area contributed by atoms with Crippen LogP contribution in [0.1, 0.15) is 27.2 Å². The van der Waals surface area contributed by atoms with Crippen molar-refractivity contribution in [2.75, 3.05) is 20.2 Å².